The summed E-state index contributed by atoms with van der Waals surface area (Å²) in [5, 5.41) is 9.08. The molecule has 5 rings (SSSR count). The van der Waals surface area contributed by atoms with E-state index in [1.54, 1.807) is 0 Å². The molecule has 2 N–H and O–H groups in total. The molecule has 1 amide bonds. The van der Waals surface area contributed by atoms with Crippen LogP contribution in [0.4, 0.5) is 0 Å². The number of aryl methyl sites for hydroxylation is 1. The van der Waals surface area contributed by atoms with Crippen molar-refractivity contribution in [1.82, 2.24) is 19.7 Å². The second-order valence-electron chi connectivity index (χ2n) is 9.76. The number of nitrogens with two attached hydrogens (primary N) is 1. The zero-order valence-electron chi connectivity index (χ0n) is 17.1. The van der Waals surface area contributed by atoms with Gasteiger partial charge in [-0.05, 0) is 63.2 Å². The number of hydrogen-bond acceptors (Lipinski definition) is 4. The van der Waals surface area contributed by atoms with Crippen molar-refractivity contribution < 1.29 is 4.79 Å². The Bertz CT molecular complexity index is 702. The highest BCUT2D eigenvalue weighted by molar-refractivity contribution is 5.79. The van der Waals surface area contributed by atoms with Gasteiger partial charge in [0.2, 0.25) is 5.91 Å². The third kappa shape index (κ3) is 3.38. The fourth-order valence-electron chi connectivity index (χ4n) is 6.45. The van der Waals surface area contributed by atoms with Crippen LogP contribution < -0.4 is 5.73 Å². The molecule has 0 radical (unpaired) electrons. The van der Waals surface area contributed by atoms with Gasteiger partial charge in [0.1, 0.15) is 11.6 Å². The largest absolute Gasteiger partial charge is 0.342 e. The number of fused-ring (bicyclic) bond motifs is 3. The Labute approximate surface area is 168 Å². The molecule has 154 valence electrons. The summed E-state index contributed by atoms with van der Waals surface area (Å²) in [7, 11) is 0. The number of carbonyl (C=O) groups is 1. The number of likely N-dealkylation sites (tertiary alicyclic amines) is 1. The van der Waals surface area contributed by atoms with E-state index in [1.165, 1.54) is 38.5 Å². The van der Waals surface area contributed by atoms with Gasteiger partial charge < -0.3 is 15.2 Å². The summed E-state index contributed by atoms with van der Waals surface area (Å²) in [5.74, 6) is 4.36. The minimum absolute atomic E-state index is 0.198. The first-order valence-electron chi connectivity index (χ1n) is 11.7. The van der Waals surface area contributed by atoms with Crippen molar-refractivity contribution in [2.24, 2.45) is 23.5 Å². The summed E-state index contributed by atoms with van der Waals surface area (Å²) in [4.78, 5) is 15.5. The van der Waals surface area contributed by atoms with Gasteiger partial charge in [0.05, 0.1) is 0 Å². The maximum absolute atomic E-state index is 13.4. The lowest BCUT2D eigenvalue weighted by Crippen LogP contribution is -2.51. The lowest BCUT2D eigenvalue weighted by molar-refractivity contribution is -0.140. The molecule has 3 atom stereocenters. The van der Waals surface area contributed by atoms with E-state index in [9.17, 15) is 4.79 Å². The Morgan fingerprint density at radius 3 is 2.57 bits per heavy atom. The van der Waals surface area contributed by atoms with Crippen molar-refractivity contribution in [3.05, 3.63) is 11.6 Å². The van der Waals surface area contributed by atoms with E-state index < -0.39 is 0 Å². The Hall–Kier alpha value is -1.43. The van der Waals surface area contributed by atoms with Gasteiger partial charge in [-0.3, -0.25) is 4.79 Å². The zero-order valence-corrected chi connectivity index (χ0v) is 17.1. The van der Waals surface area contributed by atoms with Crippen molar-refractivity contribution >= 4 is 5.91 Å². The maximum Gasteiger partial charge on any atom is 0.225 e. The summed E-state index contributed by atoms with van der Waals surface area (Å²) in [6.07, 6.45) is 12.7. The van der Waals surface area contributed by atoms with Crippen LogP contribution in [0.3, 0.4) is 0 Å². The van der Waals surface area contributed by atoms with Crippen LogP contribution in [0.2, 0.25) is 0 Å². The number of hydrogen-bond donors (Lipinski definition) is 1. The average Bonchev–Trinajstić information content (AvgIpc) is 2.96. The minimum Gasteiger partial charge on any atom is -0.342 e. The Morgan fingerprint density at radius 1 is 0.929 bits per heavy atom. The highest BCUT2D eigenvalue weighted by Gasteiger charge is 2.42. The number of nitrogens with zero attached hydrogens (tertiary/aromatic N) is 4. The first-order valence-corrected chi connectivity index (χ1v) is 11.7. The van der Waals surface area contributed by atoms with E-state index in [2.05, 4.69) is 19.7 Å². The average molecular weight is 386 g/mol. The second-order valence-corrected chi connectivity index (χ2v) is 9.76. The van der Waals surface area contributed by atoms with Crippen LogP contribution >= 0.6 is 0 Å². The van der Waals surface area contributed by atoms with Gasteiger partial charge in [-0.25, -0.2) is 0 Å². The van der Waals surface area contributed by atoms with Gasteiger partial charge in [0.25, 0.3) is 0 Å². The third-order valence-electron chi connectivity index (χ3n) is 8.00. The summed E-state index contributed by atoms with van der Waals surface area (Å²) >= 11 is 0. The van der Waals surface area contributed by atoms with Crippen LogP contribution in [0.25, 0.3) is 0 Å². The number of aromatic nitrogens is 3. The van der Waals surface area contributed by atoms with Crippen LogP contribution in [0.15, 0.2) is 0 Å². The second kappa shape index (κ2) is 7.77. The number of amides is 1. The maximum atomic E-state index is 13.4. The van der Waals surface area contributed by atoms with Crippen molar-refractivity contribution in [2.45, 2.75) is 89.1 Å². The molecule has 3 fully saturated rings. The van der Waals surface area contributed by atoms with E-state index in [-0.39, 0.29) is 5.92 Å². The van der Waals surface area contributed by atoms with Crippen molar-refractivity contribution in [3.8, 4) is 0 Å². The molecule has 2 bridgehead atoms. The monoisotopic (exact) mass is 385 g/mol. The molecule has 0 aromatic carbocycles. The molecule has 1 saturated heterocycles. The lowest BCUT2D eigenvalue weighted by atomic mass is 9.65. The molecule has 0 spiro atoms. The van der Waals surface area contributed by atoms with Gasteiger partial charge in [0.15, 0.2) is 0 Å². The first-order chi connectivity index (χ1) is 13.7. The molecule has 2 saturated carbocycles. The molecule has 1 aromatic heterocycles. The summed E-state index contributed by atoms with van der Waals surface area (Å²) in [5.41, 5.74) is 6.45. The Balaban J connectivity index is 1.28. The number of carbonyl (C=O) groups excluding carboxylic acids is 1. The van der Waals surface area contributed by atoms with Crippen molar-refractivity contribution in [1.29, 1.82) is 0 Å². The van der Waals surface area contributed by atoms with Gasteiger partial charge >= 0.3 is 0 Å². The molecule has 3 unspecified atom stereocenters. The molecular weight excluding hydrogens is 350 g/mol. The highest BCUT2D eigenvalue weighted by Crippen LogP contribution is 2.43. The van der Waals surface area contributed by atoms with Crippen LogP contribution in [-0.4, -0.2) is 44.7 Å². The molecule has 2 aliphatic heterocycles. The van der Waals surface area contributed by atoms with Gasteiger partial charge in [0, 0.05) is 43.9 Å². The fourth-order valence-corrected chi connectivity index (χ4v) is 6.45. The third-order valence-corrected chi connectivity index (χ3v) is 8.00. The molecule has 2 aliphatic carbocycles. The van der Waals surface area contributed by atoms with Crippen molar-refractivity contribution in [2.75, 3.05) is 13.1 Å². The fraction of sp³-hybridized carbons (Fsp3) is 0.864. The molecule has 28 heavy (non-hydrogen) atoms. The first kappa shape index (κ1) is 18.6. The topological polar surface area (TPSA) is 77.0 Å². The quantitative estimate of drug-likeness (QED) is 0.849. The van der Waals surface area contributed by atoms with E-state index in [4.69, 9.17) is 5.73 Å². The lowest BCUT2D eigenvalue weighted by Gasteiger charge is -2.45. The predicted octanol–water partition coefficient (Wildman–Crippen LogP) is 2.86. The van der Waals surface area contributed by atoms with E-state index in [0.717, 1.165) is 63.4 Å². The SMILES string of the molecule is NC1C2CCCC1CC(C(=O)N1CCCC(c3nnc4n3CCCCC4)C1)C2. The molecular formula is C22H35N5O. The normalized spacial score (nSPS) is 35.9. The van der Waals surface area contributed by atoms with Crippen LogP contribution in [0.5, 0.6) is 0 Å². The van der Waals surface area contributed by atoms with E-state index >= 15 is 0 Å². The molecule has 6 heteroatoms. The predicted molar refractivity (Wildman–Crippen MR) is 108 cm³/mol. The molecule has 1 aromatic rings. The van der Waals surface area contributed by atoms with Crippen LogP contribution in [0.1, 0.15) is 81.8 Å². The molecule has 4 aliphatic rings. The van der Waals surface area contributed by atoms with E-state index in [0.29, 0.717) is 29.7 Å². The molecule has 6 nitrogen and oxygen atoms in total. The standard InChI is InChI=1S/C22H35N5O/c23-20-15-6-4-7-16(20)13-18(12-15)22(28)26-10-5-8-17(14-26)21-25-24-19-9-2-1-3-11-27(19)21/h15-18,20H,1-14,23H2. The Morgan fingerprint density at radius 2 is 1.75 bits per heavy atom. The molecule has 3 heterocycles. The van der Waals surface area contributed by atoms with Gasteiger partial charge in [-0.2, -0.15) is 0 Å². The van der Waals surface area contributed by atoms with Crippen molar-refractivity contribution in [3.63, 3.8) is 0 Å². The Kier molecular flexibility index (Phi) is 5.16. The number of rotatable bonds is 2. The summed E-state index contributed by atoms with van der Waals surface area (Å²) in [6.45, 7) is 2.79. The van der Waals surface area contributed by atoms with Crippen LogP contribution in [-0.2, 0) is 17.8 Å². The van der Waals surface area contributed by atoms with Gasteiger partial charge in [-0.1, -0.05) is 12.8 Å². The van der Waals surface area contributed by atoms with Gasteiger partial charge in [-0.15, -0.1) is 10.2 Å². The van der Waals surface area contributed by atoms with Crippen LogP contribution in [0, 0.1) is 17.8 Å². The summed E-state index contributed by atoms with van der Waals surface area (Å²) < 4.78 is 2.37. The smallest absolute Gasteiger partial charge is 0.225 e. The zero-order chi connectivity index (χ0) is 19.1. The summed E-state index contributed by atoms with van der Waals surface area (Å²) in [6, 6.07) is 0.332. The van der Waals surface area contributed by atoms with E-state index in [1.807, 2.05) is 0 Å². The number of piperidine rings is 1. The minimum atomic E-state index is 0.198. The highest BCUT2D eigenvalue weighted by atomic mass is 16.2.